The Kier molecular flexibility index (Phi) is 6.22. The second-order valence-electron chi connectivity index (χ2n) is 14.6. The van der Waals surface area contributed by atoms with Gasteiger partial charge in [-0.3, -0.25) is 0 Å². The highest BCUT2D eigenvalue weighted by Crippen LogP contribution is 2.46. The van der Waals surface area contributed by atoms with Crippen LogP contribution in [0.2, 0.25) is 0 Å². The van der Waals surface area contributed by atoms with Gasteiger partial charge < -0.3 is 4.57 Å². The number of rotatable bonds is 3. The summed E-state index contributed by atoms with van der Waals surface area (Å²) in [6, 6.07) is 61.3. The molecule has 0 N–H and O–H groups in total. The molecule has 1 heterocycles. The number of nitrogens with zero attached hydrogens (tertiary/aromatic N) is 1. The van der Waals surface area contributed by atoms with Crippen LogP contribution in [0, 0.1) is 13.8 Å². The molecule has 0 atom stereocenters. The lowest BCUT2D eigenvalue weighted by Gasteiger charge is -2.14. The molecule has 244 valence electrons. The molecule has 10 aromatic rings. The molecule has 1 aliphatic rings. The smallest absolute Gasteiger partial charge is 0.0541 e. The minimum Gasteiger partial charge on any atom is -0.309 e. The van der Waals surface area contributed by atoms with E-state index in [1.807, 2.05) is 0 Å². The van der Waals surface area contributed by atoms with Gasteiger partial charge in [0.25, 0.3) is 0 Å². The summed E-state index contributed by atoms with van der Waals surface area (Å²) in [4.78, 5) is 0. The summed E-state index contributed by atoms with van der Waals surface area (Å²) in [7, 11) is 0. The highest BCUT2D eigenvalue weighted by atomic mass is 15.0. The van der Waals surface area contributed by atoms with E-state index in [0.29, 0.717) is 0 Å². The van der Waals surface area contributed by atoms with Crippen LogP contribution >= 0.6 is 0 Å². The zero-order valence-corrected chi connectivity index (χ0v) is 29.2. The standard InChI is InChI=1S/C51H35N/c1-31-17-25-50-48(27-31)49-28-32(2)18-26-51(49)52(50)35-22-19-33(20-23-35)36-13-7-15-42-43-16-8-14-37(47(43)30-46(36)42)34-21-24-44-40-11-4-3-9-38(40)39-10-5-6-12-41(39)45(44)29-34/h3-29H,30H2,1-2H3. The number of aromatic nitrogens is 1. The second kappa shape index (κ2) is 11.0. The zero-order valence-electron chi connectivity index (χ0n) is 29.2. The molecule has 0 amide bonds. The molecule has 1 aromatic heterocycles. The second-order valence-corrected chi connectivity index (χ2v) is 14.6. The van der Waals surface area contributed by atoms with Gasteiger partial charge in [-0.25, -0.2) is 0 Å². The van der Waals surface area contributed by atoms with Gasteiger partial charge in [-0.15, -0.1) is 0 Å². The first-order valence-electron chi connectivity index (χ1n) is 18.3. The monoisotopic (exact) mass is 661 g/mol. The fraction of sp³-hybridized carbons (Fsp3) is 0.0588. The van der Waals surface area contributed by atoms with Crippen molar-refractivity contribution in [3.63, 3.8) is 0 Å². The highest BCUT2D eigenvalue weighted by Gasteiger charge is 2.25. The molecule has 52 heavy (non-hydrogen) atoms. The topological polar surface area (TPSA) is 4.93 Å². The van der Waals surface area contributed by atoms with Crippen LogP contribution in [0.5, 0.6) is 0 Å². The quantitative estimate of drug-likeness (QED) is 0.166. The molecule has 0 aliphatic heterocycles. The van der Waals surface area contributed by atoms with Crippen molar-refractivity contribution in [1.29, 1.82) is 0 Å². The first-order valence-corrected chi connectivity index (χ1v) is 18.3. The Bertz CT molecular complexity index is 3010. The van der Waals surface area contributed by atoms with Crippen molar-refractivity contribution < 1.29 is 0 Å². The average molecular weight is 662 g/mol. The Hall–Kier alpha value is -6.44. The van der Waals surface area contributed by atoms with Crippen molar-refractivity contribution >= 4 is 54.1 Å². The minimum absolute atomic E-state index is 0.918. The first kappa shape index (κ1) is 29.3. The van der Waals surface area contributed by atoms with Gasteiger partial charge in [0, 0.05) is 16.5 Å². The zero-order chi connectivity index (χ0) is 34.5. The van der Waals surface area contributed by atoms with E-state index in [0.717, 1.165) is 6.42 Å². The molecule has 0 fully saturated rings. The minimum atomic E-state index is 0.918. The molecule has 0 saturated carbocycles. The van der Waals surface area contributed by atoms with Crippen LogP contribution in [0.15, 0.2) is 164 Å². The molecule has 1 nitrogen and oxygen atoms in total. The van der Waals surface area contributed by atoms with Gasteiger partial charge in [-0.05, 0) is 140 Å². The van der Waals surface area contributed by atoms with Gasteiger partial charge in [0.15, 0.2) is 0 Å². The Morgan fingerprint density at radius 2 is 0.808 bits per heavy atom. The van der Waals surface area contributed by atoms with Crippen molar-refractivity contribution in [2.75, 3.05) is 0 Å². The molecule has 0 spiro atoms. The summed E-state index contributed by atoms with van der Waals surface area (Å²) in [6.45, 7) is 4.36. The summed E-state index contributed by atoms with van der Waals surface area (Å²) >= 11 is 0. The number of fused-ring (bicyclic) bond motifs is 12. The largest absolute Gasteiger partial charge is 0.309 e. The molecule has 0 bridgehead atoms. The lowest BCUT2D eigenvalue weighted by atomic mass is 9.90. The molecular formula is C51H35N. The summed E-state index contributed by atoms with van der Waals surface area (Å²) in [5.74, 6) is 0. The number of benzene rings is 9. The Labute approximate surface area is 303 Å². The maximum atomic E-state index is 2.43. The van der Waals surface area contributed by atoms with Crippen molar-refractivity contribution in [3.05, 3.63) is 186 Å². The van der Waals surface area contributed by atoms with E-state index in [4.69, 9.17) is 0 Å². The average Bonchev–Trinajstić information content (AvgIpc) is 3.73. The van der Waals surface area contributed by atoms with E-state index >= 15 is 0 Å². The van der Waals surface area contributed by atoms with Gasteiger partial charge in [-0.2, -0.15) is 0 Å². The molecule has 0 saturated heterocycles. The third-order valence-electron chi connectivity index (χ3n) is 11.6. The predicted octanol–water partition coefficient (Wildman–Crippen LogP) is 13.8. The van der Waals surface area contributed by atoms with E-state index in [1.54, 1.807) is 0 Å². The first-order chi connectivity index (χ1) is 25.6. The maximum absolute atomic E-state index is 2.43. The summed E-state index contributed by atoms with van der Waals surface area (Å²) in [5, 5.41) is 10.5. The number of aryl methyl sites for hydroxylation is 2. The van der Waals surface area contributed by atoms with Gasteiger partial charge in [0.2, 0.25) is 0 Å². The summed E-state index contributed by atoms with van der Waals surface area (Å²) < 4.78 is 2.42. The maximum Gasteiger partial charge on any atom is 0.0541 e. The molecule has 1 aliphatic carbocycles. The van der Waals surface area contributed by atoms with Gasteiger partial charge in [-0.1, -0.05) is 132 Å². The van der Waals surface area contributed by atoms with E-state index in [1.165, 1.54) is 115 Å². The van der Waals surface area contributed by atoms with Crippen molar-refractivity contribution in [2.24, 2.45) is 0 Å². The SMILES string of the molecule is Cc1ccc2c(c1)c1cc(C)ccc1n2-c1ccc(-c2cccc3c2Cc2c(-c4ccc5c6ccccc6c6ccccc6c5c4)cccc2-3)cc1. The van der Waals surface area contributed by atoms with Crippen LogP contribution < -0.4 is 0 Å². The Morgan fingerprint density at radius 3 is 1.37 bits per heavy atom. The van der Waals surface area contributed by atoms with E-state index in [-0.39, 0.29) is 0 Å². The third kappa shape index (κ3) is 4.23. The Morgan fingerprint density at radius 1 is 0.346 bits per heavy atom. The number of hydrogen-bond acceptors (Lipinski definition) is 0. The lowest BCUT2D eigenvalue weighted by molar-refractivity contribution is 1.18. The van der Waals surface area contributed by atoms with Crippen molar-refractivity contribution in [1.82, 2.24) is 4.57 Å². The lowest BCUT2D eigenvalue weighted by Crippen LogP contribution is -1.94. The molecular weight excluding hydrogens is 627 g/mol. The molecule has 11 rings (SSSR count). The van der Waals surface area contributed by atoms with Crippen molar-refractivity contribution in [2.45, 2.75) is 20.3 Å². The van der Waals surface area contributed by atoms with E-state index in [9.17, 15) is 0 Å². The predicted molar refractivity (Wildman–Crippen MR) is 222 cm³/mol. The van der Waals surface area contributed by atoms with Crippen LogP contribution in [0.1, 0.15) is 22.3 Å². The fourth-order valence-corrected chi connectivity index (χ4v) is 9.17. The fourth-order valence-electron chi connectivity index (χ4n) is 9.17. The summed E-state index contributed by atoms with van der Waals surface area (Å²) in [5.41, 5.74) is 17.0. The van der Waals surface area contributed by atoms with E-state index < -0.39 is 0 Å². The molecule has 0 unspecified atom stereocenters. The highest BCUT2D eigenvalue weighted by molar-refractivity contribution is 6.25. The van der Waals surface area contributed by atoms with Gasteiger partial charge in [0.05, 0.1) is 11.0 Å². The molecule has 9 aromatic carbocycles. The Balaban J connectivity index is 1.01. The molecule has 0 radical (unpaired) electrons. The van der Waals surface area contributed by atoms with E-state index in [2.05, 4.69) is 182 Å². The normalized spacial score (nSPS) is 12.3. The van der Waals surface area contributed by atoms with Crippen LogP contribution in [-0.2, 0) is 6.42 Å². The van der Waals surface area contributed by atoms with Crippen LogP contribution in [-0.4, -0.2) is 4.57 Å². The van der Waals surface area contributed by atoms with Gasteiger partial charge >= 0.3 is 0 Å². The van der Waals surface area contributed by atoms with Crippen LogP contribution in [0.3, 0.4) is 0 Å². The third-order valence-corrected chi connectivity index (χ3v) is 11.6. The van der Waals surface area contributed by atoms with Crippen LogP contribution in [0.25, 0.3) is 93.2 Å². The summed E-state index contributed by atoms with van der Waals surface area (Å²) in [6.07, 6.45) is 0.918. The number of hydrogen-bond donors (Lipinski definition) is 0. The van der Waals surface area contributed by atoms with Crippen molar-refractivity contribution in [3.8, 4) is 39.1 Å². The van der Waals surface area contributed by atoms with Crippen LogP contribution in [0.4, 0.5) is 0 Å². The van der Waals surface area contributed by atoms with Gasteiger partial charge in [0.1, 0.15) is 0 Å². The molecule has 1 heteroatoms.